The molecule has 150 valence electrons. The molecule has 0 aliphatic carbocycles. The molecule has 0 unspecified atom stereocenters. The minimum Gasteiger partial charge on any atom is -0.496 e. The summed E-state index contributed by atoms with van der Waals surface area (Å²) in [5.74, 6) is 3.04. The molecule has 0 spiro atoms. The quantitative estimate of drug-likeness (QED) is 0.692. The SMILES string of the molecule is COc1ccccc1CN(Cc1cc(OC)c2c(c1)OCO2)C[C@H]1CCCO1. The van der Waals surface area contributed by atoms with Crippen LogP contribution in [0, 0.1) is 0 Å². The normalized spacial score (nSPS) is 17.9. The fourth-order valence-corrected chi connectivity index (χ4v) is 3.87. The van der Waals surface area contributed by atoms with Gasteiger partial charge in [0, 0.05) is 31.8 Å². The topological polar surface area (TPSA) is 49.4 Å². The van der Waals surface area contributed by atoms with Gasteiger partial charge in [0.2, 0.25) is 12.5 Å². The number of ether oxygens (including phenoxy) is 5. The van der Waals surface area contributed by atoms with Crippen molar-refractivity contribution in [1.82, 2.24) is 4.90 Å². The molecule has 2 aliphatic heterocycles. The van der Waals surface area contributed by atoms with Gasteiger partial charge in [-0.25, -0.2) is 0 Å². The summed E-state index contributed by atoms with van der Waals surface area (Å²) in [5.41, 5.74) is 2.28. The molecule has 6 nitrogen and oxygen atoms in total. The summed E-state index contributed by atoms with van der Waals surface area (Å²) in [6.07, 6.45) is 2.50. The third-order valence-corrected chi connectivity index (χ3v) is 5.20. The van der Waals surface area contributed by atoms with Crippen LogP contribution in [0.1, 0.15) is 24.0 Å². The van der Waals surface area contributed by atoms with E-state index in [0.717, 1.165) is 61.7 Å². The molecule has 2 heterocycles. The van der Waals surface area contributed by atoms with E-state index in [1.807, 2.05) is 30.3 Å². The fourth-order valence-electron chi connectivity index (χ4n) is 3.87. The van der Waals surface area contributed by atoms with Crippen LogP contribution in [0.5, 0.6) is 23.0 Å². The van der Waals surface area contributed by atoms with Crippen molar-refractivity contribution in [3.63, 3.8) is 0 Å². The second-order valence-corrected chi connectivity index (χ2v) is 7.15. The summed E-state index contributed by atoms with van der Waals surface area (Å²) in [6.45, 7) is 3.49. The summed E-state index contributed by atoms with van der Waals surface area (Å²) >= 11 is 0. The molecule has 4 rings (SSSR count). The smallest absolute Gasteiger partial charge is 0.231 e. The third-order valence-electron chi connectivity index (χ3n) is 5.20. The highest BCUT2D eigenvalue weighted by atomic mass is 16.7. The summed E-state index contributed by atoms with van der Waals surface area (Å²) < 4.78 is 28.0. The predicted molar refractivity (Wildman–Crippen MR) is 105 cm³/mol. The van der Waals surface area contributed by atoms with Crippen LogP contribution in [0.3, 0.4) is 0 Å². The number of hydrogen-bond donors (Lipinski definition) is 0. The number of hydrogen-bond acceptors (Lipinski definition) is 6. The molecular formula is C22H27NO5. The number of fused-ring (bicyclic) bond motifs is 1. The van der Waals surface area contributed by atoms with Gasteiger partial charge in [-0.2, -0.15) is 0 Å². The van der Waals surface area contributed by atoms with Gasteiger partial charge in [0.05, 0.1) is 20.3 Å². The summed E-state index contributed by atoms with van der Waals surface area (Å²) in [6, 6.07) is 12.2. The van der Waals surface area contributed by atoms with Crippen LogP contribution in [0.4, 0.5) is 0 Å². The number of methoxy groups -OCH3 is 2. The molecule has 6 heteroatoms. The zero-order chi connectivity index (χ0) is 19.3. The van der Waals surface area contributed by atoms with E-state index >= 15 is 0 Å². The lowest BCUT2D eigenvalue weighted by molar-refractivity contribution is 0.0676. The molecule has 0 aromatic heterocycles. The van der Waals surface area contributed by atoms with Crippen LogP contribution in [0.25, 0.3) is 0 Å². The van der Waals surface area contributed by atoms with E-state index in [2.05, 4.69) is 11.0 Å². The van der Waals surface area contributed by atoms with Gasteiger partial charge < -0.3 is 23.7 Å². The largest absolute Gasteiger partial charge is 0.496 e. The Morgan fingerprint density at radius 1 is 1.04 bits per heavy atom. The molecule has 0 radical (unpaired) electrons. The van der Waals surface area contributed by atoms with Crippen molar-refractivity contribution >= 4 is 0 Å². The second-order valence-electron chi connectivity index (χ2n) is 7.15. The Bertz CT molecular complexity index is 804. The summed E-state index contributed by atoms with van der Waals surface area (Å²) in [5, 5.41) is 0. The highest BCUT2D eigenvalue weighted by Gasteiger charge is 2.23. The first-order valence-electron chi connectivity index (χ1n) is 9.69. The van der Waals surface area contributed by atoms with Crippen molar-refractivity contribution in [1.29, 1.82) is 0 Å². The Kier molecular flexibility index (Phi) is 5.88. The highest BCUT2D eigenvalue weighted by Crippen LogP contribution is 2.42. The van der Waals surface area contributed by atoms with E-state index in [1.54, 1.807) is 14.2 Å². The van der Waals surface area contributed by atoms with Gasteiger partial charge >= 0.3 is 0 Å². The standard InChI is InChI=1S/C22H27NO5/c1-24-19-8-4-3-6-17(19)13-23(14-18-7-5-9-26-18)12-16-10-20(25-2)22-21(11-16)27-15-28-22/h3-4,6,8,10-11,18H,5,7,9,12-15H2,1-2H3/t18-/m1/s1. The highest BCUT2D eigenvalue weighted by molar-refractivity contribution is 5.55. The van der Waals surface area contributed by atoms with E-state index < -0.39 is 0 Å². The average molecular weight is 385 g/mol. The van der Waals surface area contributed by atoms with Crippen LogP contribution >= 0.6 is 0 Å². The van der Waals surface area contributed by atoms with E-state index in [9.17, 15) is 0 Å². The maximum absolute atomic E-state index is 5.89. The maximum Gasteiger partial charge on any atom is 0.231 e. The first-order valence-corrected chi connectivity index (χ1v) is 9.69. The monoisotopic (exact) mass is 385 g/mol. The zero-order valence-corrected chi connectivity index (χ0v) is 16.5. The molecule has 1 atom stereocenters. The van der Waals surface area contributed by atoms with Crippen molar-refractivity contribution in [2.75, 3.05) is 34.2 Å². The molecule has 2 aromatic carbocycles. The van der Waals surface area contributed by atoms with Crippen molar-refractivity contribution in [3.8, 4) is 23.0 Å². The lowest BCUT2D eigenvalue weighted by Gasteiger charge is -2.26. The average Bonchev–Trinajstić information content (AvgIpc) is 3.39. The van der Waals surface area contributed by atoms with Crippen LogP contribution in [-0.2, 0) is 17.8 Å². The number of rotatable bonds is 8. The molecule has 0 bridgehead atoms. The second kappa shape index (κ2) is 8.71. The maximum atomic E-state index is 5.89. The molecule has 28 heavy (non-hydrogen) atoms. The Morgan fingerprint density at radius 2 is 1.89 bits per heavy atom. The zero-order valence-electron chi connectivity index (χ0n) is 16.5. The Morgan fingerprint density at radius 3 is 2.68 bits per heavy atom. The summed E-state index contributed by atoms with van der Waals surface area (Å²) in [7, 11) is 3.37. The number of para-hydroxylation sites is 1. The molecular weight excluding hydrogens is 358 g/mol. The van der Waals surface area contributed by atoms with Crippen LogP contribution in [-0.4, -0.2) is 45.2 Å². The Balaban J connectivity index is 1.56. The van der Waals surface area contributed by atoms with Crippen molar-refractivity contribution < 1.29 is 23.7 Å². The third kappa shape index (κ3) is 4.18. The Labute approximate surface area is 165 Å². The van der Waals surface area contributed by atoms with Gasteiger partial charge in [0.15, 0.2) is 11.5 Å². The molecule has 2 aliphatic rings. The van der Waals surface area contributed by atoms with Crippen molar-refractivity contribution in [2.45, 2.75) is 32.0 Å². The van der Waals surface area contributed by atoms with E-state index in [4.69, 9.17) is 23.7 Å². The van der Waals surface area contributed by atoms with Crippen LogP contribution in [0.15, 0.2) is 36.4 Å². The van der Waals surface area contributed by atoms with Crippen molar-refractivity contribution in [3.05, 3.63) is 47.5 Å². The van der Waals surface area contributed by atoms with Gasteiger partial charge in [-0.3, -0.25) is 4.90 Å². The number of nitrogens with zero attached hydrogens (tertiary/aromatic N) is 1. The van der Waals surface area contributed by atoms with Gasteiger partial charge in [-0.1, -0.05) is 18.2 Å². The van der Waals surface area contributed by atoms with Crippen molar-refractivity contribution in [2.24, 2.45) is 0 Å². The summed E-state index contributed by atoms with van der Waals surface area (Å²) in [4.78, 5) is 2.39. The minimum atomic E-state index is 0.232. The fraction of sp³-hybridized carbons (Fsp3) is 0.455. The van der Waals surface area contributed by atoms with Crippen LogP contribution < -0.4 is 18.9 Å². The number of benzene rings is 2. The van der Waals surface area contributed by atoms with E-state index in [-0.39, 0.29) is 12.9 Å². The predicted octanol–water partition coefficient (Wildman–Crippen LogP) is 3.61. The van der Waals surface area contributed by atoms with Gasteiger partial charge in [0.25, 0.3) is 0 Å². The minimum absolute atomic E-state index is 0.232. The van der Waals surface area contributed by atoms with Crippen LogP contribution in [0.2, 0.25) is 0 Å². The molecule has 1 fully saturated rings. The van der Waals surface area contributed by atoms with E-state index in [0.29, 0.717) is 11.5 Å². The van der Waals surface area contributed by atoms with Gasteiger partial charge in [-0.05, 0) is 36.6 Å². The lowest BCUT2D eigenvalue weighted by atomic mass is 10.1. The van der Waals surface area contributed by atoms with Gasteiger partial charge in [-0.15, -0.1) is 0 Å². The van der Waals surface area contributed by atoms with Gasteiger partial charge in [0.1, 0.15) is 5.75 Å². The molecule has 1 saturated heterocycles. The molecule has 0 saturated carbocycles. The molecule has 2 aromatic rings. The van der Waals surface area contributed by atoms with E-state index in [1.165, 1.54) is 0 Å². The lowest BCUT2D eigenvalue weighted by Crippen LogP contribution is -2.31. The Hall–Kier alpha value is -2.44. The first-order chi connectivity index (χ1) is 13.8. The molecule has 0 amide bonds. The molecule has 0 N–H and O–H groups in total. The first kappa shape index (κ1) is 18.9.